The van der Waals surface area contributed by atoms with Crippen molar-refractivity contribution < 1.29 is 14.4 Å². The van der Waals surface area contributed by atoms with Gasteiger partial charge in [0.15, 0.2) is 5.16 Å². The number of hydrogen-bond acceptors (Lipinski definition) is 6. The van der Waals surface area contributed by atoms with Gasteiger partial charge in [-0.3, -0.25) is 4.79 Å². The molecule has 0 unspecified atom stereocenters. The van der Waals surface area contributed by atoms with Gasteiger partial charge in [-0.2, -0.15) is 9.59 Å². The van der Waals surface area contributed by atoms with Gasteiger partial charge >= 0.3 is 6.15 Å². The first kappa shape index (κ1) is 27.1. The molecule has 0 aliphatic heterocycles. The molecular formula is C20H25Cl2N3O3S. The summed E-state index contributed by atoms with van der Waals surface area (Å²) in [6.07, 6.45) is 0.250. The normalized spacial score (nSPS) is 9.72. The summed E-state index contributed by atoms with van der Waals surface area (Å²) in [6, 6.07) is 6.99. The molecule has 9 heteroatoms. The van der Waals surface area contributed by atoms with Crippen LogP contribution in [0.2, 0.25) is 10.0 Å². The van der Waals surface area contributed by atoms with Crippen LogP contribution in [-0.2, 0) is 14.4 Å². The topological polar surface area (TPSA) is 89.0 Å². The smallest absolute Gasteiger partial charge is 0.326 e. The van der Waals surface area contributed by atoms with Gasteiger partial charge in [-0.25, -0.2) is 9.97 Å². The second-order valence-electron chi connectivity index (χ2n) is 6.46. The molecule has 0 spiro atoms. The maximum Gasteiger partial charge on any atom is 0.373 e. The Hall–Kier alpha value is -1.92. The molecule has 2 rings (SSSR count). The Balaban J connectivity index is 0.000000481. The average Bonchev–Trinajstić information content (AvgIpc) is 2.58. The van der Waals surface area contributed by atoms with Crippen LogP contribution in [0.3, 0.4) is 0 Å². The fraction of sp³-hybridized carbons (Fsp3) is 0.400. The zero-order chi connectivity index (χ0) is 22.6. The Morgan fingerprint density at radius 2 is 1.52 bits per heavy atom. The molecule has 29 heavy (non-hydrogen) atoms. The summed E-state index contributed by atoms with van der Waals surface area (Å²) in [6.45, 7) is 11.9. The minimum Gasteiger partial charge on any atom is -0.326 e. The van der Waals surface area contributed by atoms with E-state index < -0.39 is 0 Å². The Labute approximate surface area is 185 Å². The summed E-state index contributed by atoms with van der Waals surface area (Å²) in [5.41, 5.74) is 2.76. The van der Waals surface area contributed by atoms with Gasteiger partial charge in [0.2, 0.25) is 5.91 Å². The molecule has 0 fully saturated rings. The molecule has 1 N–H and O–H groups in total. The van der Waals surface area contributed by atoms with Crippen molar-refractivity contribution in [2.75, 3.05) is 5.32 Å². The third-order valence-corrected chi connectivity index (χ3v) is 4.62. The van der Waals surface area contributed by atoms with Gasteiger partial charge in [0, 0.05) is 28.2 Å². The quantitative estimate of drug-likeness (QED) is 0.474. The number of nitrogens with one attached hydrogen (secondary N) is 1. The minimum atomic E-state index is -0.0514. The molecule has 0 atom stereocenters. The van der Waals surface area contributed by atoms with Gasteiger partial charge in [-0.15, -0.1) is 0 Å². The Morgan fingerprint density at radius 3 is 1.93 bits per heavy atom. The van der Waals surface area contributed by atoms with E-state index in [0.717, 1.165) is 16.5 Å². The number of hydrogen-bond donors (Lipinski definition) is 1. The number of aromatic nitrogens is 2. The Bertz CT molecular complexity index is 819. The van der Waals surface area contributed by atoms with Crippen LogP contribution in [-0.4, -0.2) is 27.3 Å². The summed E-state index contributed by atoms with van der Waals surface area (Å²) in [7, 11) is 0. The van der Waals surface area contributed by atoms with Crippen LogP contribution in [0.15, 0.2) is 29.4 Å². The largest absolute Gasteiger partial charge is 0.373 e. The van der Waals surface area contributed by atoms with Gasteiger partial charge in [-0.05, 0) is 38.1 Å². The van der Waals surface area contributed by atoms with Crippen LogP contribution in [0, 0.1) is 19.8 Å². The highest BCUT2D eigenvalue weighted by molar-refractivity contribution is 7.99. The first-order valence-corrected chi connectivity index (χ1v) is 10.4. The van der Waals surface area contributed by atoms with E-state index in [4.69, 9.17) is 32.8 Å². The first-order valence-electron chi connectivity index (χ1n) is 8.74. The second kappa shape index (κ2) is 14.1. The van der Waals surface area contributed by atoms with E-state index in [1.54, 1.807) is 30.0 Å². The lowest BCUT2D eigenvalue weighted by Gasteiger charge is -2.08. The number of thioether (sulfide) groups is 1. The van der Waals surface area contributed by atoms with Crippen molar-refractivity contribution in [2.45, 2.75) is 51.9 Å². The Kier molecular flexibility index (Phi) is 13.2. The maximum atomic E-state index is 11.3. The fourth-order valence-corrected chi connectivity index (χ4v) is 2.93. The van der Waals surface area contributed by atoms with E-state index in [1.807, 2.05) is 33.8 Å². The molecule has 6 nitrogen and oxygen atoms in total. The molecule has 1 amide bonds. The highest BCUT2D eigenvalue weighted by Crippen LogP contribution is 2.25. The van der Waals surface area contributed by atoms with Crippen molar-refractivity contribution >= 4 is 52.7 Å². The van der Waals surface area contributed by atoms with E-state index in [0.29, 0.717) is 21.0 Å². The van der Waals surface area contributed by atoms with Crippen LogP contribution in [0.4, 0.5) is 5.69 Å². The second-order valence-corrected chi connectivity index (χ2v) is 8.81. The maximum absolute atomic E-state index is 11.3. The van der Waals surface area contributed by atoms with Crippen molar-refractivity contribution in [1.29, 1.82) is 0 Å². The molecule has 1 aromatic carbocycles. The van der Waals surface area contributed by atoms with Crippen molar-refractivity contribution in [3.8, 4) is 0 Å². The summed E-state index contributed by atoms with van der Waals surface area (Å²) in [4.78, 5) is 36.2. The van der Waals surface area contributed by atoms with Gasteiger partial charge < -0.3 is 5.32 Å². The fourth-order valence-electron chi connectivity index (χ4n) is 1.82. The number of aryl methyl sites for hydroxylation is 2. The van der Waals surface area contributed by atoms with Gasteiger partial charge in [-0.1, -0.05) is 62.7 Å². The molecule has 0 saturated carbocycles. The van der Waals surface area contributed by atoms with Crippen molar-refractivity contribution in [1.82, 2.24) is 9.97 Å². The van der Waals surface area contributed by atoms with Crippen LogP contribution >= 0.6 is 35.0 Å². The van der Waals surface area contributed by atoms with E-state index in [1.165, 1.54) is 0 Å². The standard InChI is InChI=1S/C10H11Cl2NO.C9H14N2S.CO2/c1-6(2)10(14)13-7-3-4-8(11)9(12)5-7;1-6(2)12-9-10-7(3)5-8(4)11-9;2-1-3/h3-6H,1-2H3,(H,13,14);5-6H,1-4H3;. The molecule has 0 aliphatic carbocycles. The van der Waals surface area contributed by atoms with Gasteiger partial charge in [0.1, 0.15) is 0 Å². The lowest BCUT2D eigenvalue weighted by molar-refractivity contribution is -0.191. The third kappa shape index (κ3) is 12.3. The number of benzene rings is 1. The van der Waals surface area contributed by atoms with Gasteiger partial charge in [0.25, 0.3) is 0 Å². The SMILES string of the molecule is CC(C)C(=O)Nc1ccc(Cl)c(Cl)c1.Cc1cc(C)nc(SC(C)C)n1.O=C=O. The predicted octanol–water partition coefficient (Wildman–Crippen LogP) is 5.60. The molecule has 0 saturated heterocycles. The molecule has 1 aromatic heterocycles. The summed E-state index contributed by atoms with van der Waals surface area (Å²) in [5, 5.41) is 5.08. The molecule has 158 valence electrons. The molecular weight excluding hydrogens is 433 g/mol. The highest BCUT2D eigenvalue weighted by Gasteiger charge is 2.07. The number of carbonyl (C=O) groups excluding carboxylic acids is 3. The number of anilines is 1. The summed E-state index contributed by atoms with van der Waals surface area (Å²) < 4.78 is 0. The monoisotopic (exact) mass is 457 g/mol. The number of rotatable bonds is 4. The van der Waals surface area contributed by atoms with E-state index in [2.05, 4.69) is 29.1 Å². The van der Waals surface area contributed by atoms with Crippen molar-refractivity contribution in [3.63, 3.8) is 0 Å². The lowest BCUT2D eigenvalue weighted by atomic mass is 10.2. The first-order chi connectivity index (χ1) is 13.5. The number of nitrogens with zero attached hydrogens (tertiary/aromatic N) is 2. The van der Waals surface area contributed by atoms with Crippen LogP contribution in [0.1, 0.15) is 39.1 Å². The van der Waals surface area contributed by atoms with Crippen molar-refractivity contribution in [3.05, 3.63) is 45.7 Å². The van der Waals surface area contributed by atoms with E-state index in [-0.39, 0.29) is 18.0 Å². The van der Waals surface area contributed by atoms with Gasteiger partial charge in [0.05, 0.1) is 10.0 Å². The number of halogens is 2. The zero-order valence-electron chi connectivity index (χ0n) is 17.2. The minimum absolute atomic E-state index is 0.0385. The van der Waals surface area contributed by atoms with Crippen LogP contribution in [0.25, 0.3) is 0 Å². The lowest BCUT2D eigenvalue weighted by Crippen LogP contribution is -2.17. The van der Waals surface area contributed by atoms with Crippen LogP contribution in [0.5, 0.6) is 0 Å². The average molecular weight is 458 g/mol. The molecule has 1 heterocycles. The van der Waals surface area contributed by atoms with E-state index >= 15 is 0 Å². The number of amides is 1. The molecule has 0 bridgehead atoms. The molecule has 0 aliphatic rings. The number of carbonyl (C=O) groups is 1. The predicted molar refractivity (Wildman–Crippen MR) is 117 cm³/mol. The van der Waals surface area contributed by atoms with E-state index in [9.17, 15) is 4.79 Å². The highest BCUT2D eigenvalue weighted by atomic mass is 35.5. The summed E-state index contributed by atoms with van der Waals surface area (Å²) >= 11 is 13.2. The zero-order valence-corrected chi connectivity index (χ0v) is 19.6. The Morgan fingerprint density at radius 1 is 1.00 bits per heavy atom. The van der Waals surface area contributed by atoms with Crippen molar-refractivity contribution in [2.24, 2.45) is 5.92 Å². The van der Waals surface area contributed by atoms with Crippen LogP contribution < -0.4 is 5.32 Å². The molecule has 0 radical (unpaired) electrons. The third-order valence-electron chi connectivity index (χ3n) is 3.01. The molecule has 2 aromatic rings. The summed E-state index contributed by atoms with van der Waals surface area (Å²) in [5.74, 6) is -0.0900.